The van der Waals surface area contributed by atoms with Crippen molar-refractivity contribution in [2.24, 2.45) is 0 Å². The molecule has 0 bridgehead atoms. The van der Waals surface area contributed by atoms with Crippen LogP contribution in [0.4, 0.5) is 4.79 Å². The van der Waals surface area contributed by atoms with Crippen LogP contribution >= 0.6 is 0 Å². The van der Waals surface area contributed by atoms with Crippen molar-refractivity contribution in [3.05, 3.63) is 77.9 Å². The van der Waals surface area contributed by atoms with Crippen LogP contribution in [0.1, 0.15) is 42.0 Å². The lowest BCUT2D eigenvalue weighted by Gasteiger charge is -2.19. The van der Waals surface area contributed by atoms with Gasteiger partial charge in [0, 0.05) is 37.2 Å². The Morgan fingerprint density at radius 2 is 1.71 bits per heavy atom. The number of carbonyl (C=O) groups excluding carboxylic acids is 2. The maximum absolute atomic E-state index is 12.8. The number of fused-ring (bicyclic) bond motifs is 3. The van der Waals surface area contributed by atoms with E-state index in [2.05, 4.69) is 32.7 Å². The average Bonchev–Trinajstić information content (AvgIpc) is 3.48. The number of imidazole rings is 1. The first-order valence-corrected chi connectivity index (χ1v) is 11.6. The summed E-state index contributed by atoms with van der Waals surface area (Å²) in [6.07, 6.45) is 3.66. The van der Waals surface area contributed by atoms with Crippen molar-refractivity contribution in [3.8, 4) is 11.1 Å². The molecule has 9 heteroatoms. The number of carboxylic acid groups (broad SMARTS) is 1. The summed E-state index contributed by atoms with van der Waals surface area (Å²) in [5, 5.41) is 14.2. The first kappa shape index (κ1) is 24.0. The third-order valence-electron chi connectivity index (χ3n) is 6.05. The number of nitrogens with zero attached hydrogens (tertiary/aromatic N) is 1. The molecular formula is C26H28N4O5. The standard InChI is InChI=1S/C26H28N4O5/c31-24(32)11-5-6-12-28-25(33)23(13-17-14-27-16-29-17)30-26(34)35-15-22-20-9-3-1-7-18(20)19-8-2-4-10-21(19)22/h1-4,7-10,14,16,22-23H,5-6,11-13,15H2,(H,27,29)(H,28,33)(H,30,34)(H,31,32). The average molecular weight is 477 g/mol. The summed E-state index contributed by atoms with van der Waals surface area (Å²) >= 11 is 0. The summed E-state index contributed by atoms with van der Waals surface area (Å²) in [5.74, 6) is -1.32. The summed E-state index contributed by atoms with van der Waals surface area (Å²) < 4.78 is 5.59. The SMILES string of the molecule is O=C(O)CCCCNC(=O)C(Cc1cnc[nH]1)NC(=O)OCC1c2ccccc2-c2ccccc21. The van der Waals surface area contributed by atoms with Gasteiger partial charge in [0.15, 0.2) is 0 Å². The molecule has 182 valence electrons. The number of H-pyrrole nitrogens is 1. The lowest BCUT2D eigenvalue weighted by molar-refractivity contribution is -0.137. The number of benzene rings is 2. The fourth-order valence-electron chi connectivity index (χ4n) is 4.34. The van der Waals surface area contributed by atoms with Crippen molar-refractivity contribution in [1.82, 2.24) is 20.6 Å². The number of amides is 2. The maximum atomic E-state index is 12.8. The Morgan fingerprint density at radius 1 is 1.03 bits per heavy atom. The molecule has 1 heterocycles. The number of alkyl carbamates (subject to hydrolysis) is 1. The molecule has 0 saturated carbocycles. The zero-order valence-corrected chi connectivity index (χ0v) is 19.2. The molecule has 0 aliphatic heterocycles. The molecule has 9 nitrogen and oxygen atoms in total. The Balaban J connectivity index is 1.36. The number of aromatic amines is 1. The van der Waals surface area contributed by atoms with E-state index in [1.54, 1.807) is 6.20 Å². The Morgan fingerprint density at radius 3 is 2.34 bits per heavy atom. The van der Waals surface area contributed by atoms with Crippen molar-refractivity contribution in [3.63, 3.8) is 0 Å². The van der Waals surface area contributed by atoms with Crippen LogP contribution in [0.15, 0.2) is 61.1 Å². The van der Waals surface area contributed by atoms with E-state index in [1.807, 2.05) is 36.4 Å². The first-order chi connectivity index (χ1) is 17.0. The molecular weight excluding hydrogens is 448 g/mol. The van der Waals surface area contributed by atoms with E-state index < -0.39 is 18.1 Å². The van der Waals surface area contributed by atoms with Crippen LogP contribution < -0.4 is 10.6 Å². The van der Waals surface area contributed by atoms with E-state index in [1.165, 1.54) is 6.33 Å². The van der Waals surface area contributed by atoms with Gasteiger partial charge in [-0.05, 0) is 35.1 Å². The number of carboxylic acids is 1. The normalized spacial score (nSPS) is 12.9. The van der Waals surface area contributed by atoms with E-state index >= 15 is 0 Å². The van der Waals surface area contributed by atoms with Gasteiger partial charge in [0.25, 0.3) is 0 Å². The molecule has 0 saturated heterocycles. The summed E-state index contributed by atoms with van der Waals surface area (Å²) in [6, 6.07) is 15.3. The van der Waals surface area contributed by atoms with Crippen LogP contribution in [0.3, 0.4) is 0 Å². The molecule has 3 aromatic rings. The minimum atomic E-state index is -0.870. The summed E-state index contributed by atoms with van der Waals surface area (Å²) in [4.78, 5) is 43.0. The number of aliphatic carboxylic acids is 1. The number of carbonyl (C=O) groups is 3. The van der Waals surface area contributed by atoms with Crippen LogP contribution in [0.2, 0.25) is 0 Å². The van der Waals surface area contributed by atoms with Gasteiger partial charge in [0.05, 0.1) is 6.33 Å². The smallest absolute Gasteiger partial charge is 0.407 e. The highest BCUT2D eigenvalue weighted by Crippen LogP contribution is 2.44. The van der Waals surface area contributed by atoms with Crippen LogP contribution in [-0.4, -0.2) is 52.2 Å². The van der Waals surface area contributed by atoms with Gasteiger partial charge in [0.2, 0.25) is 5.91 Å². The minimum Gasteiger partial charge on any atom is -0.481 e. The second-order valence-electron chi connectivity index (χ2n) is 8.45. The Bertz CT molecular complexity index is 1130. The summed E-state index contributed by atoms with van der Waals surface area (Å²) in [7, 11) is 0. The third-order valence-corrected chi connectivity index (χ3v) is 6.05. The Kier molecular flexibility index (Phi) is 7.77. The molecule has 0 fully saturated rings. The number of hydrogen-bond donors (Lipinski definition) is 4. The number of hydrogen-bond acceptors (Lipinski definition) is 5. The molecule has 2 aromatic carbocycles. The molecule has 2 amide bonds. The molecule has 1 aliphatic carbocycles. The van der Waals surface area contributed by atoms with Gasteiger partial charge in [-0.2, -0.15) is 0 Å². The molecule has 4 rings (SSSR count). The lowest BCUT2D eigenvalue weighted by atomic mass is 9.98. The molecule has 1 unspecified atom stereocenters. The van der Waals surface area contributed by atoms with E-state index in [-0.39, 0.29) is 31.3 Å². The molecule has 35 heavy (non-hydrogen) atoms. The molecule has 1 aromatic heterocycles. The number of aromatic nitrogens is 2. The number of ether oxygens (including phenoxy) is 1. The Hall–Kier alpha value is -4.14. The van der Waals surface area contributed by atoms with E-state index in [0.717, 1.165) is 22.3 Å². The highest BCUT2D eigenvalue weighted by Gasteiger charge is 2.30. The van der Waals surface area contributed by atoms with Gasteiger partial charge in [-0.15, -0.1) is 0 Å². The van der Waals surface area contributed by atoms with Crippen LogP contribution in [0, 0.1) is 0 Å². The monoisotopic (exact) mass is 476 g/mol. The highest BCUT2D eigenvalue weighted by atomic mass is 16.5. The van der Waals surface area contributed by atoms with Crippen molar-refractivity contribution in [2.75, 3.05) is 13.2 Å². The number of nitrogens with one attached hydrogen (secondary N) is 3. The number of unbranched alkanes of at least 4 members (excludes halogenated alkanes) is 1. The van der Waals surface area contributed by atoms with Gasteiger partial charge >= 0.3 is 12.1 Å². The van der Waals surface area contributed by atoms with Crippen LogP contribution in [0.25, 0.3) is 11.1 Å². The summed E-state index contributed by atoms with van der Waals surface area (Å²) in [5.41, 5.74) is 5.17. The maximum Gasteiger partial charge on any atom is 0.407 e. The molecule has 1 atom stereocenters. The van der Waals surface area contributed by atoms with Crippen molar-refractivity contribution in [1.29, 1.82) is 0 Å². The molecule has 4 N–H and O–H groups in total. The minimum absolute atomic E-state index is 0.0471. The molecule has 0 spiro atoms. The highest BCUT2D eigenvalue weighted by molar-refractivity contribution is 5.86. The largest absolute Gasteiger partial charge is 0.481 e. The Labute approximate surface area is 202 Å². The zero-order chi connectivity index (χ0) is 24.6. The predicted molar refractivity (Wildman–Crippen MR) is 129 cm³/mol. The molecule has 1 aliphatic rings. The predicted octanol–water partition coefficient (Wildman–Crippen LogP) is 3.23. The van der Waals surface area contributed by atoms with Crippen LogP contribution in [0.5, 0.6) is 0 Å². The fourth-order valence-corrected chi connectivity index (χ4v) is 4.34. The number of rotatable bonds is 11. The van der Waals surface area contributed by atoms with E-state index in [9.17, 15) is 14.4 Å². The lowest BCUT2D eigenvalue weighted by Crippen LogP contribution is -2.48. The van der Waals surface area contributed by atoms with Crippen LogP contribution in [-0.2, 0) is 20.7 Å². The van der Waals surface area contributed by atoms with Crippen molar-refractivity contribution >= 4 is 18.0 Å². The third kappa shape index (κ3) is 6.06. The van der Waals surface area contributed by atoms with Gasteiger partial charge in [-0.3, -0.25) is 9.59 Å². The van der Waals surface area contributed by atoms with Crippen molar-refractivity contribution in [2.45, 2.75) is 37.6 Å². The zero-order valence-electron chi connectivity index (χ0n) is 19.2. The second-order valence-corrected chi connectivity index (χ2v) is 8.45. The van der Waals surface area contributed by atoms with Crippen molar-refractivity contribution < 1.29 is 24.2 Å². The van der Waals surface area contributed by atoms with E-state index in [0.29, 0.717) is 25.1 Å². The fraction of sp³-hybridized carbons (Fsp3) is 0.308. The van der Waals surface area contributed by atoms with Gasteiger partial charge < -0.3 is 25.5 Å². The first-order valence-electron chi connectivity index (χ1n) is 11.6. The van der Waals surface area contributed by atoms with E-state index in [4.69, 9.17) is 9.84 Å². The van der Waals surface area contributed by atoms with Gasteiger partial charge in [0.1, 0.15) is 12.6 Å². The topological polar surface area (TPSA) is 133 Å². The second kappa shape index (κ2) is 11.3. The summed E-state index contributed by atoms with van der Waals surface area (Å²) in [6.45, 7) is 0.464. The van der Waals surface area contributed by atoms with Gasteiger partial charge in [-0.1, -0.05) is 48.5 Å². The van der Waals surface area contributed by atoms with Gasteiger partial charge in [-0.25, -0.2) is 9.78 Å². The molecule has 0 radical (unpaired) electrons. The quantitative estimate of drug-likeness (QED) is 0.314.